The van der Waals surface area contributed by atoms with Crippen LogP contribution in [0.4, 0.5) is 11.4 Å². The lowest BCUT2D eigenvalue weighted by Gasteiger charge is -2.22. The van der Waals surface area contributed by atoms with Gasteiger partial charge >= 0.3 is 11.9 Å². The van der Waals surface area contributed by atoms with Gasteiger partial charge in [0.2, 0.25) is 0 Å². The minimum atomic E-state index is -0.796. The van der Waals surface area contributed by atoms with E-state index in [0.29, 0.717) is 62.0 Å². The van der Waals surface area contributed by atoms with Gasteiger partial charge in [0.1, 0.15) is 28.6 Å². The molecule has 0 aromatic heterocycles. The first-order valence-corrected chi connectivity index (χ1v) is 20.2. The third-order valence-corrected chi connectivity index (χ3v) is 10.8. The Morgan fingerprint density at radius 2 is 0.864 bits per heavy atom. The van der Waals surface area contributed by atoms with Crippen LogP contribution in [0.3, 0.4) is 0 Å². The number of aliphatic hydroxyl groups is 4. The maximum absolute atomic E-state index is 13.7. The highest BCUT2D eigenvalue weighted by atomic mass is 16.5. The van der Waals surface area contributed by atoms with Gasteiger partial charge < -0.3 is 58.6 Å². The van der Waals surface area contributed by atoms with Crippen molar-refractivity contribution in [3.05, 3.63) is 154 Å². The molecule has 0 atom stereocenters. The number of aliphatic hydroxyl groups excluding tert-OH is 4. The normalized spacial score (nSPS) is 10.8. The number of carbonyl (C=O) groups is 4. The van der Waals surface area contributed by atoms with Gasteiger partial charge in [0.15, 0.2) is 11.5 Å². The number of nitrogens with zero attached hydrogens (tertiary/aromatic N) is 2. The summed E-state index contributed by atoms with van der Waals surface area (Å²) in [5.41, 5.74) is 4.39. The molecule has 0 bridgehead atoms. The Labute approximate surface area is 380 Å². The molecule has 0 saturated carbocycles. The quantitative estimate of drug-likeness (QED) is 0.0581. The first-order valence-electron chi connectivity index (χ1n) is 20.2. The summed E-state index contributed by atoms with van der Waals surface area (Å²) < 4.78 is 32.7. The summed E-state index contributed by atoms with van der Waals surface area (Å²) in [6.45, 7) is -1.70. The van der Waals surface area contributed by atoms with Crippen molar-refractivity contribution >= 4 is 35.1 Å². The van der Waals surface area contributed by atoms with Crippen LogP contribution in [0.25, 0.3) is 11.1 Å². The van der Waals surface area contributed by atoms with Crippen LogP contribution < -0.4 is 38.2 Å². The maximum Gasteiger partial charge on any atom is 0.347 e. The monoisotopic (exact) mass is 900 g/mol. The zero-order chi connectivity index (χ0) is 47.7. The van der Waals surface area contributed by atoms with E-state index in [9.17, 15) is 39.6 Å². The van der Waals surface area contributed by atoms with E-state index in [-0.39, 0.29) is 52.0 Å². The molecule has 0 aliphatic rings. The minimum Gasteiger partial charge on any atom is -0.496 e. The van der Waals surface area contributed by atoms with E-state index in [2.05, 4.69) is 0 Å². The van der Waals surface area contributed by atoms with Gasteiger partial charge in [-0.3, -0.25) is 9.59 Å². The van der Waals surface area contributed by atoms with Crippen LogP contribution in [0.15, 0.2) is 109 Å². The fourth-order valence-corrected chi connectivity index (χ4v) is 7.16. The summed E-state index contributed by atoms with van der Waals surface area (Å²) in [6.07, 6.45) is 0. The molecule has 66 heavy (non-hydrogen) atoms. The van der Waals surface area contributed by atoms with Crippen molar-refractivity contribution < 1.29 is 68.0 Å². The highest BCUT2D eigenvalue weighted by Crippen LogP contribution is 2.37. The maximum atomic E-state index is 13.7. The molecule has 2 amide bonds. The Balaban J connectivity index is 1.13. The van der Waals surface area contributed by atoms with E-state index in [1.807, 2.05) is 0 Å². The number of hydrogen-bond acceptors (Lipinski definition) is 14. The van der Waals surface area contributed by atoms with E-state index in [0.717, 1.165) is 0 Å². The summed E-state index contributed by atoms with van der Waals surface area (Å²) in [5, 5.41) is 39.5. The van der Waals surface area contributed by atoms with Crippen molar-refractivity contribution in [3.63, 3.8) is 0 Å². The number of ether oxygens (including phenoxy) is 6. The van der Waals surface area contributed by atoms with Gasteiger partial charge in [-0.25, -0.2) is 9.59 Å². The van der Waals surface area contributed by atoms with Crippen molar-refractivity contribution in [3.8, 4) is 45.6 Å². The molecule has 6 aromatic carbocycles. The summed E-state index contributed by atoms with van der Waals surface area (Å²) in [6, 6.07) is 28.2. The fourth-order valence-electron chi connectivity index (χ4n) is 7.16. The number of methoxy groups -OCH3 is 4. The smallest absolute Gasteiger partial charge is 0.347 e. The topological polar surface area (TPSA) is 211 Å². The number of benzene rings is 6. The third-order valence-electron chi connectivity index (χ3n) is 10.8. The Morgan fingerprint density at radius 1 is 0.424 bits per heavy atom. The van der Waals surface area contributed by atoms with Gasteiger partial charge in [-0.1, -0.05) is 12.1 Å². The lowest BCUT2D eigenvalue weighted by Crippen LogP contribution is -2.27. The van der Waals surface area contributed by atoms with Gasteiger partial charge in [-0.05, 0) is 113 Å². The predicted molar refractivity (Wildman–Crippen MR) is 243 cm³/mol. The molecule has 0 aliphatic carbocycles. The minimum absolute atomic E-state index is 0.0213. The molecule has 0 spiro atoms. The number of esters is 2. The first kappa shape index (κ1) is 47.7. The predicted octanol–water partition coefficient (Wildman–Crippen LogP) is 6.35. The van der Waals surface area contributed by atoms with Crippen LogP contribution >= 0.6 is 0 Å². The molecular weight excluding hydrogens is 853 g/mol. The van der Waals surface area contributed by atoms with Crippen molar-refractivity contribution in [2.75, 3.05) is 52.3 Å². The second-order valence-corrected chi connectivity index (χ2v) is 14.6. The highest BCUT2D eigenvalue weighted by Gasteiger charge is 2.23. The van der Waals surface area contributed by atoms with Crippen molar-refractivity contribution in [1.29, 1.82) is 0 Å². The first-order chi connectivity index (χ1) is 31.8. The Bertz CT molecular complexity index is 2560. The van der Waals surface area contributed by atoms with Gasteiger partial charge in [-0.2, -0.15) is 0 Å². The van der Waals surface area contributed by atoms with Crippen molar-refractivity contribution in [1.82, 2.24) is 0 Å². The molecule has 16 nitrogen and oxygen atoms in total. The average Bonchev–Trinajstić information content (AvgIpc) is 3.36. The second kappa shape index (κ2) is 21.3. The van der Waals surface area contributed by atoms with Crippen LogP contribution in [0.1, 0.15) is 63.7 Å². The van der Waals surface area contributed by atoms with Crippen LogP contribution in [0, 0.1) is 0 Å². The summed E-state index contributed by atoms with van der Waals surface area (Å²) in [4.78, 5) is 56.2. The van der Waals surface area contributed by atoms with E-state index in [1.165, 1.54) is 111 Å². The van der Waals surface area contributed by atoms with E-state index >= 15 is 0 Å². The Kier molecular flexibility index (Phi) is 15.4. The second-order valence-electron chi connectivity index (χ2n) is 14.6. The third kappa shape index (κ3) is 10.1. The van der Waals surface area contributed by atoms with Crippen LogP contribution in [0.2, 0.25) is 0 Å². The lowest BCUT2D eigenvalue weighted by atomic mass is 9.99. The van der Waals surface area contributed by atoms with Gasteiger partial charge in [-0.15, -0.1) is 0 Å². The molecule has 6 aromatic rings. The molecule has 0 aliphatic heterocycles. The average molecular weight is 901 g/mol. The molecule has 342 valence electrons. The zero-order valence-corrected chi connectivity index (χ0v) is 37.0. The van der Waals surface area contributed by atoms with Crippen LogP contribution in [-0.4, -0.2) is 86.7 Å². The molecule has 16 heteroatoms. The van der Waals surface area contributed by atoms with E-state index in [1.54, 1.807) is 50.5 Å². The fraction of sp³-hybridized carbons (Fsp3) is 0.200. The number of hydrogen-bond donors (Lipinski definition) is 4. The van der Waals surface area contributed by atoms with Crippen LogP contribution in [0.5, 0.6) is 34.5 Å². The zero-order valence-electron chi connectivity index (χ0n) is 37.0. The lowest BCUT2D eigenvalue weighted by molar-refractivity contribution is 0.0721. The molecule has 4 N–H and O–H groups in total. The largest absolute Gasteiger partial charge is 0.496 e. The molecule has 0 saturated heterocycles. The summed E-state index contributed by atoms with van der Waals surface area (Å²) >= 11 is 0. The van der Waals surface area contributed by atoms with Crippen LogP contribution in [-0.2, 0) is 26.4 Å². The standard InChI is InChI=1S/C50H48N2O14/c1-51(47(57)29-7-13-37(14-8-29)65-49(59)39-21-34(26-54)33(25-53)20-35(39)27-55)41-17-11-31(19-36(41)28-56)32-12-18-42(44(22-32)62-4)52(2)48(58)30-9-15-38(16-10-30)66-50(60)40-23-45(63-5)46(64-6)24-43(40)61-3/h7-24,53-56H,25-28H2,1-6H3. The molecule has 0 radical (unpaired) electrons. The Hall–Kier alpha value is -7.76. The molecule has 0 unspecified atom stereocenters. The van der Waals surface area contributed by atoms with E-state index in [4.69, 9.17) is 28.4 Å². The number of amides is 2. The van der Waals surface area contributed by atoms with Gasteiger partial charge in [0.05, 0.1) is 66.1 Å². The molecule has 6 rings (SSSR count). The van der Waals surface area contributed by atoms with Gasteiger partial charge in [0, 0.05) is 48.6 Å². The Morgan fingerprint density at radius 3 is 1.36 bits per heavy atom. The summed E-state index contributed by atoms with van der Waals surface area (Å²) in [7, 11) is 8.97. The molecule has 0 fully saturated rings. The number of anilines is 2. The highest BCUT2D eigenvalue weighted by molar-refractivity contribution is 6.07. The van der Waals surface area contributed by atoms with Crippen molar-refractivity contribution in [2.45, 2.75) is 26.4 Å². The van der Waals surface area contributed by atoms with Crippen molar-refractivity contribution in [2.24, 2.45) is 0 Å². The van der Waals surface area contributed by atoms with E-state index < -0.39 is 37.7 Å². The number of carbonyl (C=O) groups excluding carboxylic acids is 4. The van der Waals surface area contributed by atoms with Gasteiger partial charge in [0.25, 0.3) is 11.8 Å². The summed E-state index contributed by atoms with van der Waals surface area (Å²) in [5.74, 6) is -0.650. The number of rotatable bonds is 17. The SMILES string of the molecule is COc1cc(OC)c(C(=O)Oc2ccc(C(=O)N(C)c3ccc(-c4ccc(N(C)C(=O)c5ccc(OC(=O)c6cc(CO)c(CO)cc6CO)cc5)c(CO)c4)cc3OC)cc2)cc1OC. The molecule has 0 heterocycles. The molecular formula is C50H48N2O14.